The summed E-state index contributed by atoms with van der Waals surface area (Å²) in [7, 11) is 0. The van der Waals surface area contributed by atoms with Gasteiger partial charge in [0.1, 0.15) is 0 Å². The number of hydrogen-bond acceptors (Lipinski definition) is 2. The van der Waals surface area contributed by atoms with E-state index in [2.05, 4.69) is 66.5 Å². The molecular formula is C23H33N5. The minimum absolute atomic E-state index is 0.400. The highest BCUT2D eigenvalue weighted by atomic mass is 15.3. The summed E-state index contributed by atoms with van der Waals surface area (Å²) in [4.78, 5) is 4.95. The van der Waals surface area contributed by atoms with Gasteiger partial charge in [-0.05, 0) is 63.1 Å². The molecule has 0 radical (unpaired) electrons. The summed E-state index contributed by atoms with van der Waals surface area (Å²) < 4.78 is 2.10. The fourth-order valence-electron chi connectivity index (χ4n) is 4.45. The van der Waals surface area contributed by atoms with Gasteiger partial charge in [0.2, 0.25) is 0 Å². The molecule has 0 saturated carbocycles. The van der Waals surface area contributed by atoms with Crippen molar-refractivity contribution in [3.8, 4) is 0 Å². The van der Waals surface area contributed by atoms with Crippen molar-refractivity contribution in [2.45, 2.75) is 70.9 Å². The average Bonchev–Trinajstić information content (AvgIpc) is 3.30. The van der Waals surface area contributed by atoms with Crippen LogP contribution in [0.5, 0.6) is 0 Å². The van der Waals surface area contributed by atoms with Gasteiger partial charge in [0.05, 0.1) is 5.69 Å². The fourth-order valence-corrected chi connectivity index (χ4v) is 4.45. The molecule has 2 aromatic rings. The molecule has 0 saturated heterocycles. The number of hydrogen-bond donors (Lipinski definition) is 2. The zero-order valence-corrected chi connectivity index (χ0v) is 17.4. The monoisotopic (exact) mass is 379 g/mol. The normalized spacial score (nSPS) is 21.5. The summed E-state index contributed by atoms with van der Waals surface area (Å²) in [5.74, 6) is 1.50. The first kappa shape index (κ1) is 19.0. The van der Waals surface area contributed by atoms with Crippen molar-refractivity contribution in [3.63, 3.8) is 0 Å². The van der Waals surface area contributed by atoms with Gasteiger partial charge in [0.25, 0.3) is 0 Å². The third-order valence-corrected chi connectivity index (χ3v) is 6.04. The molecule has 2 N–H and O–H groups in total. The van der Waals surface area contributed by atoms with Gasteiger partial charge < -0.3 is 10.6 Å². The highest BCUT2D eigenvalue weighted by Gasteiger charge is 2.24. The van der Waals surface area contributed by atoms with E-state index in [4.69, 9.17) is 10.1 Å². The number of aryl methyl sites for hydroxylation is 2. The second-order valence-electron chi connectivity index (χ2n) is 8.41. The predicted molar refractivity (Wildman–Crippen MR) is 115 cm³/mol. The maximum absolute atomic E-state index is 4.95. The van der Waals surface area contributed by atoms with Crippen molar-refractivity contribution in [2.75, 3.05) is 13.1 Å². The van der Waals surface area contributed by atoms with Crippen molar-refractivity contribution in [1.82, 2.24) is 20.4 Å². The molecule has 2 atom stereocenters. The molecule has 28 heavy (non-hydrogen) atoms. The van der Waals surface area contributed by atoms with Gasteiger partial charge in [-0.25, -0.2) is 0 Å². The number of fused-ring (bicyclic) bond motifs is 2. The Labute approximate surface area is 168 Å². The second kappa shape index (κ2) is 8.38. The van der Waals surface area contributed by atoms with Crippen molar-refractivity contribution in [2.24, 2.45) is 4.99 Å². The van der Waals surface area contributed by atoms with Crippen LogP contribution in [0.25, 0.3) is 0 Å². The van der Waals surface area contributed by atoms with E-state index in [0.29, 0.717) is 18.0 Å². The fraction of sp³-hybridized carbons (Fsp3) is 0.565. The maximum Gasteiger partial charge on any atom is 0.191 e. The summed E-state index contributed by atoms with van der Waals surface area (Å²) >= 11 is 0. The number of aliphatic imine (C=N–C) groups is 1. The molecule has 1 aromatic carbocycles. The van der Waals surface area contributed by atoms with Crippen LogP contribution in [0.2, 0.25) is 0 Å². The predicted octanol–water partition coefficient (Wildman–Crippen LogP) is 3.61. The van der Waals surface area contributed by atoms with Gasteiger partial charge in [0, 0.05) is 43.7 Å². The van der Waals surface area contributed by atoms with E-state index >= 15 is 0 Å². The van der Waals surface area contributed by atoms with Gasteiger partial charge in [-0.2, -0.15) is 5.10 Å². The van der Waals surface area contributed by atoms with E-state index in [-0.39, 0.29) is 0 Å². The first-order valence-electron chi connectivity index (χ1n) is 10.8. The maximum atomic E-state index is 4.95. The SMILES string of the molecule is CCNC(=NCC1CCc2ccccc21)NC1CCc2cn(C(C)C)nc2C1. The lowest BCUT2D eigenvalue weighted by atomic mass is 9.94. The van der Waals surface area contributed by atoms with Gasteiger partial charge in [-0.15, -0.1) is 0 Å². The zero-order chi connectivity index (χ0) is 19.5. The average molecular weight is 380 g/mol. The smallest absolute Gasteiger partial charge is 0.191 e. The van der Waals surface area contributed by atoms with Gasteiger partial charge >= 0.3 is 0 Å². The van der Waals surface area contributed by atoms with E-state index in [1.807, 2.05) is 0 Å². The molecule has 0 aliphatic heterocycles. The molecular weight excluding hydrogens is 346 g/mol. The standard InChI is InChI=1S/C23H33N5/c1-4-24-23(25-14-18-10-9-17-7-5-6-8-21(17)18)26-20-12-11-19-15-28(16(2)3)27-22(19)13-20/h5-8,15-16,18,20H,4,9-14H2,1-3H3,(H2,24,25,26). The van der Waals surface area contributed by atoms with E-state index < -0.39 is 0 Å². The summed E-state index contributed by atoms with van der Waals surface area (Å²) in [6.45, 7) is 8.24. The summed E-state index contributed by atoms with van der Waals surface area (Å²) in [6.07, 6.45) is 7.83. The number of benzene rings is 1. The van der Waals surface area contributed by atoms with Gasteiger partial charge in [0.15, 0.2) is 5.96 Å². The van der Waals surface area contributed by atoms with Crippen LogP contribution in [0.3, 0.4) is 0 Å². The van der Waals surface area contributed by atoms with Crippen LogP contribution in [-0.4, -0.2) is 34.9 Å². The Morgan fingerprint density at radius 2 is 2.04 bits per heavy atom. The third-order valence-electron chi connectivity index (χ3n) is 6.04. The molecule has 0 spiro atoms. The van der Waals surface area contributed by atoms with Crippen LogP contribution < -0.4 is 10.6 Å². The van der Waals surface area contributed by atoms with E-state index in [1.54, 1.807) is 0 Å². The molecule has 150 valence electrons. The highest BCUT2D eigenvalue weighted by Crippen LogP contribution is 2.32. The van der Waals surface area contributed by atoms with Gasteiger partial charge in [-0.1, -0.05) is 24.3 Å². The number of nitrogens with one attached hydrogen (secondary N) is 2. The molecule has 1 aromatic heterocycles. The van der Waals surface area contributed by atoms with Crippen molar-refractivity contribution in [1.29, 1.82) is 0 Å². The lowest BCUT2D eigenvalue weighted by Gasteiger charge is -2.24. The molecule has 4 rings (SSSR count). The molecule has 0 fully saturated rings. The van der Waals surface area contributed by atoms with Crippen LogP contribution in [-0.2, 0) is 19.3 Å². The number of nitrogens with zero attached hydrogens (tertiary/aromatic N) is 3. The Morgan fingerprint density at radius 3 is 2.86 bits per heavy atom. The lowest BCUT2D eigenvalue weighted by molar-refractivity contribution is 0.499. The molecule has 2 aliphatic rings. The molecule has 1 heterocycles. The Morgan fingerprint density at radius 1 is 1.21 bits per heavy atom. The van der Waals surface area contributed by atoms with Crippen LogP contribution in [0.1, 0.15) is 68.0 Å². The van der Waals surface area contributed by atoms with Crippen molar-refractivity contribution >= 4 is 5.96 Å². The Balaban J connectivity index is 1.40. The molecule has 0 amide bonds. The molecule has 5 heteroatoms. The summed E-state index contributed by atoms with van der Waals surface area (Å²) in [5, 5.41) is 11.9. The van der Waals surface area contributed by atoms with E-state index in [9.17, 15) is 0 Å². The van der Waals surface area contributed by atoms with Crippen LogP contribution >= 0.6 is 0 Å². The number of guanidine groups is 1. The molecule has 2 aliphatic carbocycles. The lowest BCUT2D eigenvalue weighted by Crippen LogP contribution is -2.45. The first-order valence-corrected chi connectivity index (χ1v) is 10.8. The third kappa shape index (κ3) is 4.08. The topological polar surface area (TPSA) is 54.2 Å². The minimum Gasteiger partial charge on any atom is -0.357 e. The zero-order valence-electron chi connectivity index (χ0n) is 17.4. The first-order chi connectivity index (χ1) is 13.6. The Hall–Kier alpha value is -2.30. The van der Waals surface area contributed by atoms with Gasteiger partial charge in [-0.3, -0.25) is 9.67 Å². The van der Waals surface area contributed by atoms with E-state index in [1.165, 1.54) is 35.2 Å². The molecule has 0 bridgehead atoms. The quantitative estimate of drug-likeness (QED) is 0.616. The van der Waals surface area contributed by atoms with Crippen LogP contribution in [0.4, 0.5) is 0 Å². The Bertz CT molecular complexity index is 835. The Kier molecular flexibility index (Phi) is 5.69. The largest absolute Gasteiger partial charge is 0.357 e. The van der Waals surface area contributed by atoms with Crippen molar-refractivity contribution < 1.29 is 0 Å². The highest BCUT2D eigenvalue weighted by molar-refractivity contribution is 5.80. The molecule has 2 unspecified atom stereocenters. The van der Waals surface area contributed by atoms with Crippen molar-refractivity contribution in [3.05, 3.63) is 52.8 Å². The van der Waals surface area contributed by atoms with Crippen LogP contribution in [0.15, 0.2) is 35.5 Å². The minimum atomic E-state index is 0.400. The second-order valence-corrected chi connectivity index (χ2v) is 8.41. The number of rotatable bonds is 5. The number of aromatic nitrogens is 2. The van der Waals surface area contributed by atoms with E-state index in [0.717, 1.165) is 38.3 Å². The summed E-state index contributed by atoms with van der Waals surface area (Å²) in [6, 6.07) is 9.66. The van der Waals surface area contributed by atoms with Crippen LogP contribution in [0, 0.1) is 0 Å². The molecule has 5 nitrogen and oxygen atoms in total. The summed E-state index contributed by atoms with van der Waals surface area (Å²) in [5.41, 5.74) is 5.65.